The summed E-state index contributed by atoms with van der Waals surface area (Å²) in [6, 6.07) is 33.1. The van der Waals surface area contributed by atoms with E-state index in [1.54, 1.807) is 6.08 Å². The lowest BCUT2D eigenvalue weighted by Gasteiger charge is -2.22. The van der Waals surface area contributed by atoms with Crippen LogP contribution >= 0.6 is 0 Å². The Balaban J connectivity index is 1.48. The fraction of sp³-hybridized carbons (Fsp3) is 0.0690. The van der Waals surface area contributed by atoms with Gasteiger partial charge < -0.3 is 5.32 Å². The molecule has 0 radical (unpaired) electrons. The summed E-state index contributed by atoms with van der Waals surface area (Å²) >= 11 is 0. The molecule has 1 aliphatic rings. The van der Waals surface area contributed by atoms with Crippen LogP contribution in [0, 0.1) is 0 Å². The molecule has 0 aliphatic heterocycles. The number of carbonyl (C=O) groups excluding carboxylic acids is 1. The minimum atomic E-state index is -0.116. The highest BCUT2D eigenvalue weighted by molar-refractivity contribution is 6.06. The van der Waals surface area contributed by atoms with E-state index in [2.05, 4.69) is 66.0 Å². The van der Waals surface area contributed by atoms with E-state index in [1.807, 2.05) is 42.5 Å². The molecule has 5 rings (SSSR count). The third-order valence-corrected chi connectivity index (χ3v) is 5.82. The number of carbonyl (C=O) groups is 1. The van der Waals surface area contributed by atoms with Gasteiger partial charge in [-0.1, -0.05) is 97.1 Å². The topological polar surface area (TPSA) is 29.1 Å². The van der Waals surface area contributed by atoms with Crippen LogP contribution in [-0.4, -0.2) is 5.91 Å². The Morgan fingerprint density at radius 2 is 1.48 bits per heavy atom. The quantitative estimate of drug-likeness (QED) is 0.375. The predicted octanol–water partition coefficient (Wildman–Crippen LogP) is 6.78. The van der Waals surface area contributed by atoms with Gasteiger partial charge in [0.15, 0.2) is 0 Å². The first-order chi connectivity index (χ1) is 15.3. The molecule has 0 unspecified atom stereocenters. The molecule has 0 atom stereocenters. The maximum Gasteiger partial charge on any atom is 0.248 e. The molecular formula is C29H23NO. The fourth-order valence-corrected chi connectivity index (χ4v) is 4.35. The number of benzene rings is 4. The number of amides is 1. The number of allylic oxidation sites excluding steroid dienone is 2. The second kappa shape index (κ2) is 8.45. The van der Waals surface area contributed by atoms with Crippen LogP contribution in [0.4, 0.5) is 5.69 Å². The fourth-order valence-electron chi connectivity index (χ4n) is 4.35. The summed E-state index contributed by atoms with van der Waals surface area (Å²) in [5, 5.41) is 5.21. The highest BCUT2D eigenvalue weighted by Crippen LogP contribution is 2.36. The number of rotatable bonds is 4. The summed E-state index contributed by atoms with van der Waals surface area (Å²) in [5.41, 5.74) is 7.05. The summed E-state index contributed by atoms with van der Waals surface area (Å²) in [7, 11) is 0. The van der Waals surface area contributed by atoms with Gasteiger partial charge in [0.25, 0.3) is 0 Å². The normalized spacial score (nSPS) is 13.4. The van der Waals surface area contributed by atoms with E-state index >= 15 is 0 Å². The van der Waals surface area contributed by atoms with Crippen LogP contribution in [-0.2, 0) is 11.2 Å². The molecule has 0 bridgehead atoms. The first kappa shape index (κ1) is 19.1. The van der Waals surface area contributed by atoms with E-state index in [9.17, 15) is 4.79 Å². The maximum atomic E-state index is 12.8. The van der Waals surface area contributed by atoms with E-state index in [0.717, 1.165) is 29.3 Å². The number of aryl methyl sites for hydroxylation is 1. The van der Waals surface area contributed by atoms with Crippen molar-refractivity contribution in [3.63, 3.8) is 0 Å². The highest BCUT2D eigenvalue weighted by atomic mass is 16.1. The van der Waals surface area contributed by atoms with Gasteiger partial charge in [-0.2, -0.15) is 0 Å². The Hall–Kier alpha value is -3.91. The van der Waals surface area contributed by atoms with Crippen LogP contribution in [0.2, 0.25) is 0 Å². The van der Waals surface area contributed by atoms with Crippen molar-refractivity contribution in [1.29, 1.82) is 0 Å². The zero-order valence-corrected chi connectivity index (χ0v) is 17.2. The number of hydrogen-bond donors (Lipinski definition) is 1. The second-order valence-corrected chi connectivity index (χ2v) is 7.77. The summed E-state index contributed by atoms with van der Waals surface area (Å²) in [5.74, 6) is -0.116. The molecular weight excluding hydrogens is 378 g/mol. The maximum absolute atomic E-state index is 12.8. The molecule has 31 heavy (non-hydrogen) atoms. The number of fused-ring (bicyclic) bond motifs is 2. The van der Waals surface area contributed by atoms with E-state index in [0.29, 0.717) is 0 Å². The monoisotopic (exact) mass is 401 g/mol. The van der Waals surface area contributed by atoms with Crippen molar-refractivity contribution in [1.82, 2.24) is 0 Å². The molecule has 1 N–H and O–H groups in total. The summed E-state index contributed by atoms with van der Waals surface area (Å²) < 4.78 is 0. The molecule has 0 saturated carbocycles. The van der Waals surface area contributed by atoms with Crippen molar-refractivity contribution < 1.29 is 4.79 Å². The van der Waals surface area contributed by atoms with Crippen molar-refractivity contribution >= 4 is 27.9 Å². The molecule has 0 saturated heterocycles. The zero-order valence-electron chi connectivity index (χ0n) is 17.2. The molecule has 2 heteroatoms. The van der Waals surface area contributed by atoms with Gasteiger partial charge in [0.1, 0.15) is 0 Å². The SMILES string of the molecule is O=C(/C=C/C1=C(c2ccccc2)c2ccccc2CC1)Nc1cccc2ccccc12. The van der Waals surface area contributed by atoms with E-state index in [-0.39, 0.29) is 5.91 Å². The number of anilines is 1. The van der Waals surface area contributed by atoms with Gasteiger partial charge in [-0.25, -0.2) is 0 Å². The summed E-state index contributed by atoms with van der Waals surface area (Å²) in [4.78, 5) is 12.8. The molecule has 0 spiro atoms. The van der Waals surface area contributed by atoms with Crippen molar-refractivity contribution in [2.45, 2.75) is 12.8 Å². The Kier molecular flexibility index (Phi) is 5.20. The average Bonchev–Trinajstić information content (AvgIpc) is 2.83. The van der Waals surface area contributed by atoms with Gasteiger partial charge >= 0.3 is 0 Å². The Labute approximate surface area is 182 Å². The lowest BCUT2D eigenvalue weighted by Crippen LogP contribution is -2.09. The van der Waals surface area contributed by atoms with Crippen molar-refractivity contribution in [2.75, 3.05) is 5.32 Å². The molecule has 1 aliphatic carbocycles. The standard InChI is InChI=1S/C29H23NO/c31-28(30-27-16-8-13-21-9-4-6-14-25(21)27)20-19-24-18-17-22-10-5-7-15-26(22)29(24)23-11-2-1-3-12-23/h1-16,19-20H,17-18H2,(H,30,31)/b20-19+. The van der Waals surface area contributed by atoms with E-state index in [1.165, 1.54) is 27.8 Å². The number of nitrogens with one attached hydrogen (secondary N) is 1. The highest BCUT2D eigenvalue weighted by Gasteiger charge is 2.18. The predicted molar refractivity (Wildman–Crippen MR) is 129 cm³/mol. The molecule has 4 aromatic carbocycles. The lowest BCUT2D eigenvalue weighted by molar-refractivity contribution is -0.111. The van der Waals surface area contributed by atoms with Crippen LogP contribution in [0.5, 0.6) is 0 Å². The van der Waals surface area contributed by atoms with Gasteiger partial charge in [0, 0.05) is 17.1 Å². The minimum Gasteiger partial charge on any atom is -0.322 e. The lowest BCUT2D eigenvalue weighted by atomic mass is 9.82. The van der Waals surface area contributed by atoms with Crippen LogP contribution in [0.1, 0.15) is 23.1 Å². The third-order valence-electron chi connectivity index (χ3n) is 5.82. The molecule has 0 heterocycles. The largest absolute Gasteiger partial charge is 0.322 e. The molecule has 1 amide bonds. The van der Waals surface area contributed by atoms with Crippen molar-refractivity contribution in [3.05, 3.63) is 131 Å². The Morgan fingerprint density at radius 3 is 2.39 bits per heavy atom. The van der Waals surface area contributed by atoms with Gasteiger partial charge in [-0.3, -0.25) is 4.79 Å². The molecule has 0 aromatic heterocycles. The van der Waals surface area contributed by atoms with E-state index in [4.69, 9.17) is 0 Å². The van der Waals surface area contributed by atoms with Gasteiger partial charge in [-0.05, 0) is 52.1 Å². The third kappa shape index (κ3) is 3.93. The van der Waals surface area contributed by atoms with Crippen LogP contribution in [0.25, 0.3) is 16.3 Å². The van der Waals surface area contributed by atoms with Crippen LogP contribution in [0.3, 0.4) is 0 Å². The Morgan fingerprint density at radius 1 is 0.742 bits per heavy atom. The molecule has 150 valence electrons. The molecule has 0 fully saturated rings. The Bertz CT molecular complexity index is 1310. The average molecular weight is 402 g/mol. The summed E-state index contributed by atoms with van der Waals surface area (Å²) in [6.07, 6.45) is 5.54. The first-order valence-corrected chi connectivity index (χ1v) is 10.6. The number of hydrogen-bond acceptors (Lipinski definition) is 1. The van der Waals surface area contributed by atoms with Gasteiger partial charge in [0.05, 0.1) is 0 Å². The minimum absolute atomic E-state index is 0.116. The van der Waals surface area contributed by atoms with Crippen molar-refractivity contribution in [2.24, 2.45) is 0 Å². The molecule has 4 aromatic rings. The summed E-state index contributed by atoms with van der Waals surface area (Å²) in [6.45, 7) is 0. The van der Waals surface area contributed by atoms with Crippen LogP contribution in [0.15, 0.2) is 115 Å². The van der Waals surface area contributed by atoms with Crippen molar-refractivity contribution in [3.8, 4) is 0 Å². The first-order valence-electron chi connectivity index (χ1n) is 10.6. The zero-order chi connectivity index (χ0) is 21.0. The van der Waals surface area contributed by atoms with Gasteiger partial charge in [-0.15, -0.1) is 0 Å². The van der Waals surface area contributed by atoms with E-state index < -0.39 is 0 Å². The van der Waals surface area contributed by atoms with Gasteiger partial charge in [0.2, 0.25) is 5.91 Å². The van der Waals surface area contributed by atoms with Crippen LogP contribution < -0.4 is 5.32 Å². The molecule has 2 nitrogen and oxygen atoms in total. The second-order valence-electron chi connectivity index (χ2n) is 7.77. The smallest absolute Gasteiger partial charge is 0.248 e.